The molecule has 1 amide bonds. The average molecular weight is 325 g/mol. The molecule has 0 spiro atoms. The Morgan fingerprint density at radius 1 is 1.17 bits per heavy atom. The highest BCUT2D eigenvalue weighted by atomic mass is 16.5. The number of anilines is 1. The van der Waals surface area contributed by atoms with Crippen LogP contribution in [0, 0.1) is 13.8 Å². The van der Waals surface area contributed by atoms with E-state index in [1.54, 1.807) is 23.1 Å². The summed E-state index contributed by atoms with van der Waals surface area (Å²) in [5.74, 6) is 0.697. The Labute approximate surface area is 142 Å². The van der Waals surface area contributed by atoms with E-state index in [9.17, 15) is 9.90 Å². The van der Waals surface area contributed by atoms with Crippen LogP contribution in [-0.2, 0) is 11.2 Å². The minimum absolute atomic E-state index is 0.0106. The predicted octanol–water partition coefficient (Wildman–Crippen LogP) is 3.75. The lowest BCUT2D eigenvalue weighted by atomic mass is 9.98. The zero-order chi connectivity index (χ0) is 17.4. The maximum Gasteiger partial charge on any atom is 0.268 e. The number of aromatic hydroxyl groups is 1. The fourth-order valence-corrected chi connectivity index (χ4v) is 3.21. The molecule has 0 aliphatic carbocycles. The number of aryl methyl sites for hydroxylation is 2. The molecule has 126 valence electrons. The maximum absolute atomic E-state index is 12.9. The van der Waals surface area contributed by atoms with Gasteiger partial charge in [0, 0.05) is 18.5 Å². The van der Waals surface area contributed by atoms with E-state index in [4.69, 9.17) is 4.74 Å². The number of carbonyl (C=O) groups excluding carboxylic acids is 1. The first kappa shape index (κ1) is 16.4. The Balaban J connectivity index is 1.95. The molecule has 0 saturated heterocycles. The summed E-state index contributed by atoms with van der Waals surface area (Å²) in [4.78, 5) is 14.7. The van der Waals surface area contributed by atoms with Gasteiger partial charge in [0.15, 0.2) is 6.10 Å². The van der Waals surface area contributed by atoms with Crippen LogP contribution in [0.1, 0.15) is 30.5 Å². The highest BCUT2D eigenvalue weighted by molar-refractivity contribution is 6.00. The lowest BCUT2D eigenvalue weighted by Gasteiger charge is -2.37. The van der Waals surface area contributed by atoms with E-state index in [1.165, 1.54) is 11.1 Å². The van der Waals surface area contributed by atoms with Crippen molar-refractivity contribution < 1.29 is 14.6 Å². The predicted molar refractivity (Wildman–Crippen MR) is 94.8 cm³/mol. The van der Waals surface area contributed by atoms with Gasteiger partial charge in [-0.25, -0.2) is 0 Å². The molecule has 0 aromatic heterocycles. The van der Waals surface area contributed by atoms with Crippen LogP contribution in [-0.4, -0.2) is 23.2 Å². The fraction of sp³-hybridized carbons (Fsp3) is 0.350. The molecule has 0 radical (unpaired) electrons. The number of fused-ring (bicyclic) bond motifs is 1. The summed E-state index contributed by atoms with van der Waals surface area (Å²) in [5, 5.41) is 9.74. The summed E-state index contributed by atoms with van der Waals surface area (Å²) in [7, 11) is 0. The van der Waals surface area contributed by atoms with Crippen molar-refractivity contribution in [1.29, 1.82) is 0 Å². The van der Waals surface area contributed by atoms with Gasteiger partial charge in [-0.3, -0.25) is 4.79 Å². The molecule has 1 aliphatic rings. The molecule has 1 aliphatic heterocycles. The summed E-state index contributed by atoms with van der Waals surface area (Å²) in [6, 6.07) is 11.1. The van der Waals surface area contributed by atoms with E-state index in [0.717, 1.165) is 5.56 Å². The van der Waals surface area contributed by atoms with Gasteiger partial charge >= 0.3 is 0 Å². The number of ether oxygens (including phenoxy) is 1. The highest BCUT2D eigenvalue weighted by Crippen LogP contribution is 2.38. The average Bonchev–Trinajstić information content (AvgIpc) is 2.50. The van der Waals surface area contributed by atoms with E-state index in [0.29, 0.717) is 17.9 Å². The van der Waals surface area contributed by atoms with Gasteiger partial charge in [-0.05, 0) is 51.0 Å². The summed E-state index contributed by atoms with van der Waals surface area (Å²) in [6.07, 6.45) is -0.0139. The van der Waals surface area contributed by atoms with Crippen LogP contribution in [0.2, 0.25) is 0 Å². The quantitative estimate of drug-likeness (QED) is 0.935. The van der Waals surface area contributed by atoms with Crippen molar-refractivity contribution in [3.8, 4) is 11.5 Å². The van der Waals surface area contributed by atoms with Crippen LogP contribution in [0.4, 0.5) is 5.69 Å². The maximum atomic E-state index is 12.9. The molecule has 3 rings (SSSR count). The number of hydrogen-bond donors (Lipinski definition) is 1. The van der Waals surface area contributed by atoms with E-state index < -0.39 is 6.10 Å². The van der Waals surface area contributed by atoms with Crippen molar-refractivity contribution in [2.24, 2.45) is 0 Å². The Morgan fingerprint density at radius 2 is 1.92 bits per heavy atom. The topological polar surface area (TPSA) is 49.8 Å². The van der Waals surface area contributed by atoms with Crippen molar-refractivity contribution in [3.63, 3.8) is 0 Å². The van der Waals surface area contributed by atoms with Crippen molar-refractivity contribution in [1.82, 2.24) is 0 Å². The largest absolute Gasteiger partial charge is 0.508 e. The number of carbonyl (C=O) groups is 1. The van der Waals surface area contributed by atoms with E-state index >= 15 is 0 Å². The monoisotopic (exact) mass is 325 g/mol. The van der Waals surface area contributed by atoms with Gasteiger partial charge in [0.25, 0.3) is 5.91 Å². The molecule has 1 unspecified atom stereocenters. The number of hydrogen-bond acceptors (Lipinski definition) is 3. The molecule has 2 aromatic carbocycles. The van der Waals surface area contributed by atoms with Crippen LogP contribution < -0.4 is 9.64 Å². The van der Waals surface area contributed by atoms with Gasteiger partial charge in [-0.15, -0.1) is 0 Å². The van der Waals surface area contributed by atoms with Crippen LogP contribution in [0.25, 0.3) is 0 Å². The number of nitrogens with zero attached hydrogens (tertiary/aromatic N) is 1. The smallest absolute Gasteiger partial charge is 0.268 e. The molecule has 1 N–H and O–H groups in total. The second-order valence-electron chi connectivity index (χ2n) is 6.69. The highest BCUT2D eigenvalue weighted by Gasteiger charge is 2.36. The Hall–Kier alpha value is -2.49. The molecular formula is C20H23NO3. The summed E-state index contributed by atoms with van der Waals surface area (Å²) in [6.45, 7) is 8.04. The third-order valence-electron chi connectivity index (χ3n) is 4.40. The zero-order valence-electron chi connectivity index (χ0n) is 14.5. The van der Waals surface area contributed by atoms with Crippen LogP contribution in [0.15, 0.2) is 36.4 Å². The van der Waals surface area contributed by atoms with Crippen molar-refractivity contribution in [3.05, 3.63) is 53.1 Å². The van der Waals surface area contributed by atoms with Crippen LogP contribution >= 0.6 is 0 Å². The first-order chi connectivity index (χ1) is 11.4. The summed E-state index contributed by atoms with van der Waals surface area (Å²) in [5.41, 5.74) is 4.12. The fourth-order valence-electron chi connectivity index (χ4n) is 3.21. The third-order valence-corrected chi connectivity index (χ3v) is 4.40. The molecular weight excluding hydrogens is 302 g/mol. The number of amides is 1. The van der Waals surface area contributed by atoms with Gasteiger partial charge < -0.3 is 14.7 Å². The van der Waals surface area contributed by atoms with E-state index in [-0.39, 0.29) is 17.7 Å². The van der Waals surface area contributed by atoms with Crippen molar-refractivity contribution >= 4 is 11.6 Å². The molecule has 24 heavy (non-hydrogen) atoms. The second-order valence-corrected chi connectivity index (χ2v) is 6.69. The van der Waals surface area contributed by atoms with Gasteiger partial charge in [-0.2, -0.15) is 0 Å². The molecule has 4 nitrogen and oxygen atoms in total. The Kier molecular flexibility index (Phi) is 4.22. The van der Waals surface area contributed by atoms with E-state index in [2.05, 4.69) is 32.0 Å². The lowest BCUT2D eigenvalue weighted by molar-refractivity contribution is -0.126. The first-order valence-corrected chi connectivity index (χ1v) is 8.25. The molecule has 1 atom stereocenters. The Morgan fingerprint density at radius 3 is 2.58 bits per heavy atom. The number of rotatable bonds is 3. The normalized spacial score (nSPS) is 17.0. The zero-order valence-corrected chi connectivity index (χ0v) is 14.5. The van der Waals surface area contributed by atoms with Gasteiger partial charge in [-0.1, -0.05) is 23.8 Å². The number of benzene rings is 2. The lowest BCUT2D eigenvalue weighted by Crippen LogP contribution is -2.50. The number of phenolic OH excluding ortho intramolecular Hbond substituents is 1. The van der Waals surface area contributed by atoms with Gasteiger partial charge in [0.2, 0.25) is 0 Å². The minimum Gasteiger partial charge on any atom is -0.508 e. The molecule has 0 saturated carbocycles. The van der Waals surface area contributed by atoms with Crippen LogP contribution in [0.3, 0.4) is 0 Å². The van der Waals surface area contributed by atoms with Gasteiger partial charge in [0.05, 0.1) is 5.69 Å². The number of phenols is 1. The van der Waals surface area contributed by atoms with Gasteiger partial charge in [0.1, 0.15) is 11.5 Å². The van der Waals surface area contributed by atoms with E-state index in [1.807, 2.05) is 13.8 Å². The molecule has 0 bridgehead atoms. The minimum atomic E-state index is -0.550. The van der Waals surface area contributed by atoms with Crippen LogP contribution in [0.5, 0.6) is 11.5 Å². The molecule has 2 aromatic rings. The molecule has 4 heteroatoms. The third kappa shape index (κ3) is 2.96. The van der Waals surface area contributed by atoms with Crippen molar-refractivity contribution in [2.75, 3.05) is 4.90 Å². The summed E-state index contributed by atoms with van der Waals surface area (Å²) < 4.78 is 5.97. The molecule has 1 heterocycles. The molecule has 0 fully saturated rings. The Bertz CT molecular complexity index is 782. The second kappa shape index (κ2) is 6.19. The standard InChI is InChI=1S/C20H23NO3/c1-12(2)21-17-11-16(22)7-8-18(17)24-19(20(21)23)10-15-6-5-13(3)9-14(15)4/h5-9,11-12,19,22H,10H2,1-4H3. The van der Waals surface area contributed by atoms with Crippen molar-refractivity contribution in [2.45, 2.75) is 46.3 Å². The first-order valence-electron chi connectivity index (χ1n) is 8.25. The summed E-state index contributed by atoms with van der Waals surface area (Å²) >= 11 is 0. The SMILES string of the molecule is Cc1ccc(CC2Oc3ccc(O)cc3N(C(C)C)C2=O)c(C)c1.